The van der Waals surface area contributed by atoms with Gasteiger partial charge in [0.2, 0.25) is 0 Å². The molecule has 1 N–H and O–H groups in total. The smallest absolute Gasteiger partial charge is 0.311 e. The van der Waals surface area contributed by atoms with Gasteiger partial charge in [0, 0.05) is 19.1 Å². The first-order valence-electron chi connectivity index (χ1n) is 8.00. The van der Waals surface area contributed by atoms with Crippen LogP contribution in [0.5, 0.6) is 0 Å². The fourth-order valence-corrected chi connectivity index (χ4v) is 2.76. The molecule has 4 nitrogen and oxygen atoms in total. The molecule has 0 aliphatic heterocycles. The van der Waals surface area contributed by atoms with Gasteiger partial charge < -0.3 is 10.2 Å². The van der Waals surface area contributed by atoms with E-state index in [0.29, 0.717) is 24.9 Å². The molecule has 0 aromatic heterocycles. The lowest BCUT2D eigenvalue weighted by atomic mass is 9.95. The van der Waals surface area contributed by atoms with E-state index in [1.807, 2.05) is 0 Å². The number of hydrogen-bond acceptors (Lipinski definition) is 2. The summed E-state index contributed by atoms with van der Waals surface area (Å²) in [6, 6.07) is 0.195. The number of nitrogens with zero attached hydrogens (tertiary/aromatic N) is 1. The highest BCUT2D eigenvalue weighted by atomic mass is 16.2. The van der Waals surface area contributed by atoms with E-state index < -0.39 is 5.91 Å². The van der Waals surface area contributed by atoms with Gasteiger partial charge in [-0.05, 0) is 24.7 Å². The Kier molecular flexibility index (Phi) is 7.03. The summed E-state index contributed by atoms with van der Waals surface area (Å²) in [7, 11) is 0. The topological polar surface area (TPSA) is 49.4 Å². The molecule has 0 heterocycles. The first-order chi connectivity index (χ1) is 9.40. The van der Waals surface area contributed by atoms with Crippen LogP contribution < -0.4 is 5.32 Å². The number of amides is 2. The van der Waals surface area contributed by atoms with Crippen molar-refractivity contribution in [1.29, 1.82) is 0 Å². The van der Waals surface area contributed by atoms with Crippen LogP contribution in [-0.4, -0.2) is 35.8 Å². The summed E-state index contributed by atoms with van der Waals surface area (Å²) in [4.78, 5) is 26.1. The molecule has 0 aromatic carbocycles. The van der Waals surface area contributed by atoms with Gasteiger partial charge in [-0.2, -0.15) is 0 Å². The van der Waals surface area contributed by atoms with Crippen molar-refractivity contribution in [2.24, 2.45) is 11.8 Å². The predicted molar refractivity (Wildman–Crippen MR) is 81.3 cm³/mol. The fraction of sp³-hybridized carbons (Fsp3) is 0.875. The summed E-state index contributed by atoms with van der Waals surface area (Å²) in [5.74, 6) is -0.0310. The van der Waals surface area contributed by atoms with Crippen molar-refractivity contribution in [2.75, 3.05) is 13.1 Å². The van der Waals surface area contributed by atoms with E-state index in [9.17, 15) is 9.59 Å². The second kappa shape index (κ2) is 8.28. The Bertz CT molecular complexity index is 310. The highest BCUT2D eigenvalue weighted by Gasteiger charge is 2.25. The first-order valence-corrected chi connectivity index (χ1v) is 8.00. The molecule has 1 fully saturated rings. The number of rotatable bonds is 5. The molecule has 0 unspecified atom stereocenters. The van der Waals surface area contributed by atoms with Crippen LogP contribution in [0, 0.1) is 11.8 Å². The Hall–Kier alpha value is -1.06. The molecule has 116 valence electrons. The number of carbonyl (C=O) groups excluding carboxylic acids is 2. The maximum Gasteiger partial charge on any atom is 0.311 e. The molecule has 1 rings (SSSR count). The number of nitrogens with one attached hydrogen (secondary N) is 1. The average molecular weight is 282 g/mol. The zero-order valence-corrected chi connectivity index (χ0v) is 13.4. The third-order valence-corrected chi connectivity index (χ3v) is 3.59. The van der Waals surface area contributed by atoms with E-state index in [4.69, 9.17) is 0 Å². The molecule has 20 heavy (non-hydrogen) atoms. The van der Waals surface area contributed by atoms with Gasteiger partial charge in [-0.15, -0.1) is 0 Å². The Morgan fingerprint density at radius 2 is 1.50 bits per heavy atom. The van der Waals surface area contributed by atoms with Gasteiger partial charge in [-0.3, -0.25) is 9.59 Å². The van der Waals surface area contributed by atoms with Crippen molar-refractivity contribution < 1.29 is 9.59 Å². The van der Waals surface area contributed by atoms with Crippen molar-refractivity contribution in [1.82, 2.24) is 10.2 Å². The van der Waals surface area contributed by atoms with Gasteiger partial charge in [0.1, 0.15) is 0 Å². The Morgan fingerprint density at radius 3 is 1.95 bits per heavy atom. The van der Waals surface area contributed by atoms with Crippen molar-refractivity contribution in [3.63, 3.8) is 0 Å². The minimum absolute atomic E-state index is 0.195. The molecular weight excluding hydrogens is 252 g/mol. The van der Waals surface area contributed by atoms with Crippen LogP contribution >= 0.6 is 0 Å². The minimum Gasteiger partial charge on any atom is -0.345 e. The highest BCUT2D eigenvalue weighted by molar-refractivity contribution is 6.35. The zero-order chi connectivity index (χ0) is 15.1. The SMILES string of the molecule is CC(C)CN(CC(C)C)C(=O)C(=O)NC1CCCCC1. The van der Waals surface area contributed by atoms with Crippen LogP contribution in [0.1, 0.15) is 59.8 Å². The van der Waals surface area contributed by atoms with Gasteiger partial charge in [-0.1, -0.05) is 47.0 Å². The Labute approximate surface area is 123 Å². The summed E-state index contributed by atoms with van der Waals surface area (Å²) in [6.07, 6.45) is 5.57. The molecular formula is C16H30N2O2. The first kappa shape index (κ1) is 17.0. The van der Waals surface area contributed by atoms with Crippen LogP contribution in [0.15, 0.2) is 0 Å². The molecule has 1 saturated carbocycles. The predicted octanol–water partition coefficient (Wildman–Crippen LogP) is 2.58. The molecule has 4 heteroatoms. The lowest BCUT2D eigenvalue weighted by Crippen LogP contribution is -2.48. The van der Waals surface area contributed by atoms with E-state index in [2.05, 4.69) is 33.0 Å². The van der Waals surface area contributed by atoms with Gasteiger partial charge in [0.15, 0.2) is 0 Å². The lowest BCUT2D eigenvalue weighted by Gasteiger charge is -2.28. The molecule has 0 atom stereocenters. The summed E-state index contributed by atoms with van der Waals surface area (Å²) >= 11 is 0. The molecule has 0 aromatic rings. The van der Waals surface area contributed by atoms with E-state index in [1.54, 1.807) is 4.90 Å². The standard InChI is InChI=1S/C16H30N2O2/c1-12(2)10-18(11-13(3)4)16(20)15(19)17-14-8-6-5-7-9-14/h12-14H,5-11H2,1-4H3,(H,17,19). The molecule has 1 aliphatic rings. The summed E-state index contributed by atoms with van der Waals surface area (Å²) in [5.41, 5.74) is 0. The van der Waals surface area contributed by atoms with Crippen LogP contribution in [0.4, 0.5) is 0 Å². The molecule has 0 bridgehead atoms. The van der Waals surface area contributed by atoms with Gasteiger partial charge in [-0.25, -0.2) is 0 Å². The largest absolute Gasteiger partial charge is 0.345 e. The average Bonchev–Trinajstić information content (AvgIpc) is 2.37. The van der Waals surface area contributed by atoms with Gasteiger partial charge in [0.25, 0.3) is 0 Å². The van der Waals surface area contributed by atoms with Crippen molar-refractivity contribution >= 4 is 11.8 Å². The molecule has 2 amide bonds. The fourth-order valence-electron chi connectivity index (χ4n) is 2.76. The summed E-state index contributed by atoms with van der Waals surface area (Å²) in [6.45, 7) is 9.57. The van der Waals surface area contributed by atoms with Crippen LogP contribution in [0.25, 0.3) is 0 Å². The van der Waals surface area contributed by atoms with Crippen LogP contribution in [0.2, 0.25) is 0 Å². The van der Waals surface area contributed by atoms with Gasteiger partial charge >= 0.3 is 11.8 Å². The highest BCUT2D eigenvalue weighted by Crippen LogP contribution is 2.17. The second-order valence-corrected chi connectivity index (χ2v) is 6.81. The normalized spacial score (nSPS) is 16.5. The monoisotopic (exact) mass is 282 g/mol. The van der Waals surface area contributed by atoms with Crippen molar-refractivity contribution in [3.8, 4) is 0 Å². The molecule has 0 saturated heterocycles. The summed E-state index contributed by atoms with van der Waals surface area (Å²) in [5, 5.41) is 2.92. The maximum absolute atomic E-state index is 12.3. The van der Waals surface area contributed by atoms with Crippen molar-refractivity contribution in [2.45, 2.75) is 65.8 Å². The van der Waals surface area contributed by atoms with E-state index >= 15 is 0 Å². The van der Waals surface area contributed by atoms with Crippen LogP contribution in [0.3, 0.4) is 0 Å². The lowest BCUT2D eigenvalue weighted by molar-refractivity contribution is -0.147. The molecule has 0 spiro atoms. The zero-order valence-electron chi connectivity index (χ0n) is 13.4. The van der Waals surface area contributed by atoms with Gasteiger partial charge in [0.05, 0.1) is 0 Å². The number of hydrogen-bond donors (Lipinski definition) is 1. The van der Waals surface area contributed by atoms with Crippen molar-refractivity contribution in [3.05, 3.63) is 0 Å². The Balaban J connectivity index is 2.55. The van der Waals surface area contributed by atoms with Crippen LogP contribution in [-0.2, 0) is 9.59 Å². The minimum atomic E-state index is -0.418. The van der Waals surface area contributed by atoms with E-state index in [-0.39, 0.29) is 11.9 Å². The molecule has 1 aliphatic carbocycles. The number of carbonyl (C=O) groups is 2. The summed E-state index contributed by atoms with van der Waals surface area (Å²) < 4.78 is 0. The maximum atomic E-state index is 12.3. The molecule has 0 radical (unpaired) electrons. The Morgan fingerprint density at radius 1 is 1.00 bits per heavy atom. The second-order valence-electron chi connectivity index (χ2n) is 6.81. The quantitative estimate of drug-likeness (QED) is 0.788. The third kappa shape index (κ3) is 5.93. The van der Waals surface area contributed by atoms with E-state index in [1.165, 1.54) is 6.42 Å². The van der Waals surface area contributed by atoms with E-state index in [0.717, 1.165) is 25.7 Å². The third-order valence-electron chi connectivity index (χ3n) is 3.59.